The molecule has 2 aliphatic heterocycles. The normalized spacial score (nSPS) is 30.9. The minimum Gasteiger partial charge on any atom is -0.506 e. The lowest BCUT2D eigenvalue weighted by atomic mass is 10.0. The summed E-state index contributed by atoms with van der Waals surface area (Å²) in [5.41, 5.74) is 0. The summed E-state index contributed by atoms with van der Waals surface area (Å²) in [6.07, 6.45) is 0.522. The zero-order chi connectivity index (χ0) is 12.8. The maximum absolute atomic E-state index is 13.6. The van der Waals surface area contributed by atoms with Gasteiger partial charge in [0.15, 0.2) is 5.76 Å². The molecule has 0 saturated carbocycles. The number of alkyl halides is 2. The Morgan fingerprint density at radius 2 is 2.24 bits per heavy atom. The van der Waals surface area contributed by atoms with Gasteiger partial charge in [0.25, 0.3) is 5.91 Å². The summed E-state index contributed by atoms with van der Waals surface area (Å²) in [5.74, 6) is -6.25. The van der Waals surface area contributed by atoms with E-state index in [1.54, 1.807) is 0 Å². The third kappa shape index (κ3) is 1.57. The molecule has 1 fully saturated rings. The molecular formula is C10H11F2NO4. The Labute approximate surface area is 95.6 Å². The van der Waals surface area contributed by atoms with Crippen LogP contribution in [0.5, 0.6) is 0 Å². The molecule has 5 nitrogen and oxygen atoms in total. The van der Waals surface area contributed by atoms with Crippen molar-refractivity contribution in [2.75, 3.05) is 7.11 Å². The average Bonchev–Trinajstić information content (AvgIpc) is 2.71. The third-order valence-corrected chi connectivity index (χ3v) is 3.13. The van der Waals surface area contributed by atoms with Crippen molar-refractivity contribution in [3.05, 3.63) is 11.8 Å². The summed E-state index contributed by atoms with van der Waals surface area (Å²) in [5, 5.41) is 9.08. The molecule has 2 aliphatic rings. The monoisotopic (exact) mass is 247 g/mol. The number of hydrogen-bond donors (Lipinski definition) is 1. The van der Waals surface area contributed by atoms with Gasteiger partial charge < -0.3 is 14.7 Å². The summed E-state index contributed by atoms with van der Waals surface area (Å²) in [6, 6.07) is -2.46. The number of nitrogens with zero attached hydrogens (tertiary/aromatic N) is 1. The van der Waals surface area contributed by atoms with Crippen molar-refractivity contribution in [3.63, 3.8) is 0 Å². The summed E-state index contributed by atoms with van der Waals surface area (Å²) in [4.78, 5) is 23.7. The highest BCUT2D eigenvalue weighted by Crippen LogP contribution is 2.41. The molecule has 0 radical (unpaired) electrons. The maximum atomic E-state index is 13.6. The van der Waals surface area contributed by atoms with Crippen LogP contribution in [0.3, 0.4) is 0 Å². The molecule has 0 bridgehead atoms. The Balaban J connectivity index is 2.37. The van der Waals surface area contributed by atoms with Gasteiger partial charge in [0, 0.05) is 6.08 Å². The number of esters is 1. The number of halogens is 2. The largest absolute Gasteiger partial charge is 0.506 e. The van der Waals surface area contributed by atoms with E-state index >= 15 is 0 Å². The van der Waals surface area contributed by atoms with Crippen molar-refractivity contribution in [3.8, 4) is 0 Å². The molecule has 0 aromatic carbocycles. The van der Waals surface area contributed by atoms with Crippen LogP contribution in [0.15, 0.2) is 11.8 Å². The van der Waals surface area contributed by atoms with E-state index < -0.39 is 35.6 Å². The van der Waals surface area contributed by atoms with Gasteiger partial charge in [-0.05, 0) is 12.8 Å². The fourth-order valence-electron chi connectivity index (χ4n) is 2.30. The van der Waals surface area contributed by atoms with Crippen molar-refractivity contribution in [1.29, 1.82) is 0 Å². The summed E-state index contributed by atoms with van der Waals surface area (Å²) in [6.45, 7) is 0. The first-order valence-corrected chi connectivity index (χ1v) is 5.08. The number of ether oxygens (including phenoxy) is 1. The van der Waals surface area contributed by atoms with Crippen LogP contribution in [-0.2, 0) is 14.3 Å². The van der Waals surface area contributed by atoms with Crippen LogP contribution in [0.25, 0.3) is 0 Å². The first-order chi connectivity index (χ1) is 7.89. The minimum absolute atomic E-state index is 0.0452. The molecule has 0 spiro atoms. The van der Waals surface area contributed by atoms with Crippen molar-refractivity contribution >= 4 is 11.9 Å². The molecule has 1 N–H and O–H groups in total. The molecule has 2 atom stereocenters. The number of fused-ring (bicyclic) bond motifs is 1. The lowest BCUT2D eigenvalue weighted by Gasteiger charge is -2.36. The zero-order valence-corrected chi connectivity index (χ0v) is 9.02. The Kier molecular flexibility index (Phi) is 2.56. The molecule has 0 aliphatic carbocycles. The van der Waals surface area contributed by atoms with E-state index in [1.807, 2.05) is 0 Å². The fourth-order valence-corrected chi connectivity index (χ4v) is 2.30. The van der Waals surface area contributed by atoms with Crippen molar-refractivity contribution < 1.29 is 28.2 Å². The second-order valence-corrected chi connectivity index (χ2v) is 4.03. The number of aliphatic hydroxyl groups excluding tert-OH is 1. The summed E-state index contributed by atoms with van der Waals surface area (Å²) in [7, 11) is 1.13. The van der Waals surface area contributed by atoms with E-state index in [0.717, 1.165) is 12.0 Å². The zero-order valence-electron chi connectivity index (χ0n) is 9.02. The van der Waals surface area contributed by atoms with E-state index in [2.05, 4.69) is 4.74 Å². The highest BCUT2D eigenvalue weighted by atomic mass is 19.3. The second-order valence-electron chi connectivity index (χ2n) is 4.03. The second kappa shape index (κ2) is 3.68. The molecule has 2 rings (SSSR count). The molecule has 0 aromatic rings. The van der Waals surface area contributed by atoms with Crippen LogP contribution < -0.4 is 0 Å². The van der Waals surface area contributed by atoms with Gasteiger partial charge in [-0.1, -0.05) is 0 Å². The Morgan fingerprint density at radius 3 is 2.82 bits per heavy atom. The number of methoxy groups -OCH3 is 1. The molecule has 1 saturated heterocycles. The van der Waals surface area contributed by atoms with Gasteiger partial charge >= 0.3 is 11.9 Å². The van der Waals surface area contributed by atoms with E-state index in [4.69, 9.17) is 5.11 Å². The standard InChI is InChI=1S/C10H11F2NO4/c1-17-9(16)5-2-3-6-10(11,12)7(14)4-8(15)13(5)6/h4-6,14H,2-3H2,1H3/t5-,6?/m0/s1. The number of carbonyl (C=O) groups excluding carboxylic acids is 2. The van der Waals surface area contributed by atoms with Gasteiger partial charge in [-0.2, -0.15) is 8.78 Å². The van der Waals surface area contributed by atoms with Crippen molar-refractivity contribution in [2.45, 2.75) is 30.8 Å². The van der Waals surface area contributed by atoms with Gasteiger partial charge in [-0.3, -0.25) is 4.79 Å². The van der Waals surface area contributed by atoms with Crippen LogP contribution in [0.2, 0.25) is 0 Å². The topological polar surface area (TPSA) is 66.8 Å². The van der Waals surface area contributed by atoms with E-state index in [1.165, 1.54) is 0 Å². The third-order valence-electron chi connectivity index (χ3n) is 3.13. The first-order valence-electron chi connectivity index (χ1n) is 5.08. The molecule has 0 aromatic heterocycles. The Hall–Kier alpha value is -1.66. The molecule has 1 unspecified atom stereocenters. The lowest BCUT2D eigenvalue weighted by Crippen LogP contribution is -2.55. The SMILES string of the molecule is COC(=O)[C@@H]1CCC2N1C(=O)C=C(O)C2(F)F. The summed E-state index contributed by atoms with van der Waals surface area (Å²) < 4.78 is 31.7. The van der Waals surface area contributed by atoms with Gasteiger partial charge in [-0.15, -0.1) is 0 Å². The van der Waals surface area contributed by atoms with Crippen LogP contribution in [0, 0.1) is 0 Å². The predicted molar refractivity (Wildman–Crippen MR) is 51.3 cm³/mol. The van der Waals surface area contributed by atoms with Gasteiger partial charge in [0.05, 0.1) is 7.11 Å². The fraction of sp³-hybridized carbons (Fsp3) is 0.600. The number of amides is 1. The molecule has 17 heavy (non-hydrogen) atoms. The number of aliphatic hydroxyl groups is 1. The Bertz CT molecular complexity index is 407. The predicted octanol–water partition coefficient (Wildman–Crippen LogP) is 0.610. The lowest BCUT2D eigenvalue weighted by molar-refractivity contribution is -0.158. The molecule has 94 valence electrons. The smallest absolute Gasteiger partial charge is 0.328 e. The minimum atomic E-state index is -3.50. The summed E-state index contributed by atoms with van der Waals surface area (Å²) >= 11 is 0. The number of carbonyl (C=O) groups is 2. The van der Waals surface area contributed by atoms with Crippen LogP contribution in [0.4, 0.5) is 8.78 Å². The highest BCUT2D eigenvalue weighted by Gasteiger charge is 2.57. The highest BCUT2D eigenvalue weighted by molar-refractivity contribution is 5.94. The van der Waals surface area contributed by atoms with Crippen molar-refractivity contribution in [2.24, 2.45) is 0 Å². The van der Waals surface area contributed by atoms with E-state index in [-0.39, 0.29) is 12.8 Å². The number of hydrogen-bond acceptors (Lipinski definition) is 4. The number of rotatable bonds is 1. The van der Waals surface area contributed by atoms with Crippen molar-refractivity contribution in [1.82, 2.24) is 4.90 Å². The van der Waals surface area contributed by atoms with Crippen LogP contribution >= 0.6 is 0 Å². The van der Waals surface area contributed by atoms with Gasteiger partial charge in [-0.25, -0.2) is 4.79 Å². The maximum Gasteiger partial charge on any atom is 0.328 e. The van der Waals surface area contributed by atoms with E-state index in [9.17, 15) is 18.4 Å². The first kappa shape index (κ1) is 11.8. The quantitative estimate of drug-likeness (QED) is 0.689. The van der Waals surface area contributed by atoms with Gasteiger partial charge in [0.1, 0.15) is 12.1 Å². The van der Waals surface area contributed by atoms with Gasteiger partial charge in [0.2, 0.25) is 0 Å². The molecule has 2 heterocycles. The van der Waals surface area contributed by atoms with Crippen LogP contribution in [0.1, 0.15) is 12.8 Å². The molecular weight excluding hydrogens is 236 g/mol. The molecule has 7 heteroatoms. The Morgan fingerprint density at radius 1 is 1.59 bits per heavy atom. The van der Waals surface area contributed by atoms with Crippen LogP contribution in [-0.4, -0.2) is 47.0 Å². The average molecular weight is 247 g/mol. The molecule has 1 amide bonds. The van der Waals surface area contributed by atoms with E-state index in [0.29, 0.717) is 6.08 Å².